The van der Waals surface area contributed by atoms with Crippen molar-refractivity contribution in [1.29, 1.82) is 0 Å². The van der Waals surface area contributed by atoms with Crippen molar-refractivity contribution in [1.82, 2.24) is 0 Å². The summed E-state index contributed by atoms with van der Waals surface area (Å²) in [7, 11) is 2.18. The van der Waals surface area contributed by atoms with Crippen LogP contribution in [0.3, 0.4) is 0 Å². The molecular weight excluding hydrogens is 262 g/mol. The first-order valence-corrected chi connectivity index (χ1v) is 7.13. The summed E-state index contributed by atoms with van der Waals surface area (Å²) >= 11 is 3.61. The molecule has 0 radical (unpaired) electrons. The minimum absolute atomic E-state index is 0.746. The molecule has 0 fully saturated rings. The maximum absolute atomic E-state index is 3.61. The van der Waals surface area contributed by atoms with E-state index in [4.69, 9.17) is 0 Å². The molecule has 0 aromatic heterocycles. The molecule has 1 aromatic carbocycles. The van der Waals surface area contributed by atoms with E-state index in [0.717, 1.165) is 17.8 Å². The molecule has 0 saturated carbocycles. The predicted molar refractivity (Wildman–Crippen MR) is 76.6 cm³/mol. The molecule has 1 nitrogen and oxygen atoms in total. The third-order valence-electron chi connectivity index (χ3n) is 2.89. The Hall–Kier alpha value is -0.500. The zero-order chi connectivity index (χ0) is 12.0. The highest BCUT2D eigenvalue weighted by Crippen LogP contribution is 2.18. The second-order valence-electron chi connectivity index (χ2n) is 4.53. The molecule has 1 aromatic rings. The minimum atomic E-state index is 0.746. The molecule has 0 N–H and O–H groups in total. The zero-order valence-corrected chi connectivity index (χ0v) is 12.1. The largest absolute Gasteiger partial charge is 0.374 e. The van der Waals surface area contributed by atoms with Crippen molar-refractivity contribution in [3.63, 3.8) is 0 Å². The van der Waals surface area contributed by atoms with Gasteiger partial charge in [-0.1, -0.05) is 41.4 Å². The monoisotopic (exact) mass is 283 g/mol. The molecule has 0 amide bonds. The average Bonchev–Trinajstić information content (AvgIpc) is 2.28. The van der Waals surface area contributed by atoms with Gasteiger partial charge in [-0.25, -0.2) is 0 Å². The lowest BCUT2D eigenvalue weighted by molar-refractivity contribution is 0.535. The van der Waals surface area contributed by atoms with Gasteiger partial charge in [-0.3, -0.25) is 0 Å². The van der Waals surface area contributed by atoms with Gasteiger partial charge in [-0.15, -0.1) is 0 Å². The Morgan fingerprint density at radius 2 is 2.12 bits per heavy atom. The van der Waals surface area contributed by atoms with Crippen molar-refractivity contribution >= 4 is 21.6 Å². The van der Waals surface area contributed by atoms with E-state index in [1.165, 1.54) is 24.1 Å². The summed E-state index contributed by atoms with van der Waals surface area (Å²) in [6.45, 7) is 5.52. The van der Waals surface area contributed by atoms with Gasteiger partial charge < -0.3 is 4.90 Å². The number of rotatable bonds is 6. The summed E-state index contributed by atoms with van der Waals surface area (Å²) in [5, 5.41) is 1.09. The lowest BCUT2D eigenvalue weighted by atomic mass is 10.1. The van der Waals surface area contributed by atoms with Gasteiger partial charge in [-0.2, -0.15) is 0 Å². The van der Waals surface area contributed by atoms with Gasteiger partial charge in [0, 0.05) is 24.6 Å². The van der Waals surface area contributed by atoms with E-state index in [-0.39, 0.29) is 0 Å². The molecule has 1 atom stereocenters. The van der Waals surface area contributed by atoms with E-state index in [9.17, 15) is 0 Å². The first kappa shape index (κ1) is 13.6. The van der Waals surface area contributed by atoms with Crippen LogP contribution in [-0.2, 0) is 0 Å². The van der Waals surface area contributed by atoms with Crippen molar-refractivity contribution in [2.75, 3.05) is 23.8 Å². The van der Waals surface area contributed by atoms with E-state index < -0.39 is 0 Å². The molecule has 0 aliphatic carbocycles. The third-order valence-corrected chi connectivity index (χ3v) is 3.81. The first-order chi connectivity index (χ1) is 7.67. The van der Waals surface area contributed by atoms with E-state index >= 15 is 0 Å². The number of aryl methyl sites for hydroxylation is 1. The Bertz CT molecular complexity index is 311. The maximum atomic E-state index is 3.61. The number of alkyl halides is 1. The molecule has 90 valence electrons. The average molecular weight is 284 g/mol. The molecule has 0 bridgehead atoms. The van der Waals surface area contributed by atoms with E-state index in [1.807, 2.05) is 0 Å². The van der Waals surface area contributed by atoms with Crippen molar-refractivity contribution in [2.24, 2.45) is 5.92 Å². The van der Waals surface area contributed by atoms with Gasteiger partial charge >= 0.3 is 0 Å². The molecule has 0 heterocycles. The van der Waals surface area contributed by atoms with Crippen LogP contribution in [0, 0.1) is 12.8 Å². The van der Waals surface area contributed by atoms with Crippen LogP contribution in [0.1, 0.15) is 25.3 Å². The minimum Gasteiger partial charge on any atom is -0.374 e. The van der Waals surface area contributed by atoms with Crippen LogP contribution < -0.4 is 4.90 Å². The van der Waals surface area contributed by atoms with Crippen LogP contribution in [0.4, 0.5) is 5.69 Å². The fraction of sp³-hybridized carbons (Fsp3) is 0.571. The van der Waals surface area contributed by atoms with Crippen molar-refractivity contribution in [3.05, 3.63) is 29.8 Å². The molecule has 1 unspecified atom stereocenters. The van der Waals surface area contributed by atoms with E-state index in [2.05, 4.69) is 66.0 Å². The Kier molecular flexibility index (Phi) is 5.89. The van der Waals surface area contributed by atoms with Crippen LogP contribution in [-0.4, -0.2) is 18.9 Å². The summed E-state index contributed by atoms with van der Waals surface area (Å²) in [4.78, 5) is 2.36. The normalized spacial score (nSPS) is 12.5. The van der Waals surface area contributed by atoms with Crippen LogP contribution in [0.25, 0.3) is 0 Å². The van der Waals surface area contributed by atoms with Crippen LogP contribution in [0.2, 0.25) is 0 Å². The number of nitrogens with zero attached hydrogens (tertiary/aromatic N) is 1. The van der Waals surface area contributed by atoms with Gasteiger partial charge in [0.2, 0.25) is 0 Å². The molecule has 0 saturated heterocycles. The quantitative estimate of drug-likeness (QED) is 0.706. The molecule has 16 heavy (non-hydrogen) atoms. The predicted octanol–water partition coefficient (Wildman–Crippen LogP) is 4.24. The second kappa shape index (κ2) is 6.95. The maximum Gasteiger partial charge on any atom is 0.0366 e. The number of halogens is 1. The smallest absolute Gasteiger partial charge is 0.0366 e. The van der Waals surface area contributed by atoms with E-state index in [1.54, 1.807) is 0 Å². The fourth-order valence-corrected chi connectivity index (χ4v) is 2.51. The van der Waals surface area contributed by atoms with Gasteiger partial charge in [0.1, 0.15) is 0 Å². The third kappa shape index (κ3) is 4.17. The lowest BCUT2D eigenvalue weighted by Gasteiger charge is -2.24. The second-order valence-corrected chi connectivity index (χ2v) is 5.18. The van der Waals surface area contributed by atoms with Gasteiger partial charge in [-0.05, 0) is 37.0 Å². The van der Waals surface area contributed by atoms with E-state index in [0.29, 0.717) is 0 Å². The van der Waals surface area contributed by atoms with Crippen LogP contribution in [0.15, 0.2) is 24.3 Å². The number of anilines is 1. The highest BCUT2D eigenvalue weighted by molar-refractivity contribution is 9.09. The zero-order valence-electron chi connectivity index (χ0n) is 10.5. The topological polar surface area (TPSA) is 3.24 Å². The van der Waals surface area contributed by atoms with Crippen molar-refractivity contribution in [2.45, 2.75) is 26.7 Å². The highest BCUT2D eigenvalue weighted by atomic mass is 79.9. The number of hydrogen-bond donors (Lipinski definition) is 0. The van der Waals surface area contributed by atoms with Crippen molar-refractivity contribution < 1.29 is 0 Å². The molecule has 1 rings (SSSR count). The molecular formula is C14H22BrN. The summed E-state index contributed by atoms with van der Waals surface area (Å²) < 4.78 is 0. The Morgan fingerprint density at radius 1 is 1.38 bits per heavy atom. The summed E-state index contributed by atoms with van der Waals surface area (Å²) in [5.41, 5.74) is 2.65. The first-order valence-electron chi connectivity index (χ1n) is 6.01. The lowest BCUT2D eigenvalue weighted by Crippen LogP contribution is -2.26. The molecule has 0 spiro atoms. The number of benzene rings is 1. The number of hydrogen-bond acceptors (Lipinski definition) is 1. The van der Waals surface area contributed by atoms with Crippen LogP contribution >= 0.6 is 15.9 Å². The summed E-state index contributed by atoms with van der Waals surface area (Å²) in [6.07, 6.45) is 2.55. The summed E-state index contributed by atoms with van der Waals surface area (Å²) in [6, 6.07) is 8.71. The van der Waals surface area contributed by atoms with Gasteiger partial charge in [0.05, 0.1) is 0 Å². The van der Waals surface area contributed by atoms with Gasteiger partial charge in [0.15, 0.2) is 0 Å². The fourth-order valence-electron chi connectivity index (χ4n) is 1.98. The molecule has 0 aliphatic rings. The Labute approximate surface area is 108 Å². The highest BCUT2D eigenvalue weighted by Gasteiger charge is 2.10. The molecule has 2 heteroatoms. The molecule has 0 aliphatic heterocycles. The van der Waals surface area contributed by atoms with Crippen molar-refractivity contribution in [3.8, 4) is 0 Å². The Morgan fingerprint density at radius 3 is 2.69 bits per heavy atom. The SMILES string of the molecule is CCCC(CBr)CN(C)c1cccc(C)c1. The Balaban J connectivity index is 2.60. The standard InChI is InChI=1S/C14H22BrN/c1-4-6-13(10-15)11-16(3)14-8-5-7-12(2)9-14/h5,7-9,13H,4,6,10-11H2,1-3H3. The summed E-state index contributed by atoms with van der Waals surface area (Å²) in [5.74, 6) is 0.746. The van der Waals surface area contributed by atoms with Crippen LogP contribution in [0.5, 0.6) is 0 Å². The van der Waals surface area contributed by atoms with Gasteiger partial charge in [0.25, 0.3) is 0 Å².